The first kappa shape index (κ1) is 19.1. The quantitative estimate of drug-likeness (QED) is 0.602. The van der Waals surface area contributed by atoms with Crippen molar-refractivity contribution in [2.75, 3.05) is 31.1 Å². The molecule has 1 fully saturated rings. The van der Waals surface area contributed by atoms with E-state index < -0.39 is 5.60 Å². The highest BCUT2D eigenvalue weighted by molar-refractivity contribution is 7.78. The molecule has 1 aromatic rings. The molecule has 2 rings (SSSR count). The lowest BCUT2D eigenvalue weighted by atomic mass is 10.2. The van der Waals surface area contributed by atoms with E-state index in [9.17, 15) is 4.79 Å². The minimum absolute atomic E-state index is 0. The summed E-state index contributed by atoms with van der Waals surface area (Å²) in [5.74, 6) is 0. The first-order valence-electron chi connectivity index (χ1n) is 7.30. The average Bonchev–Trinajstić information content (AvgIpc) is 2.47. The molecular weight excluding hydrogens is 310 g/mol. The van der Waals surface area contributed by atoms with Crippen LogP contribution in [0.25, 0.3) is 0 Å². The van der Waals surface area contributed by atoms with Gasteiger partial charge in [0.1, 0.15) is 5.60 Å². The first-order chi connectivity index (χ1) is 10.4. The molecule has 0 saturated carbocycles. The zero-order valence-corrected chi connectivity index (χ0v) is 14.0. The highest BCUT2D eigenvalue weighted by Crippen LogP contribution is 2.21. The summed E-state index contributed by atoms with van der Waals surface area (Å²) in [5, 5.41) is 2.36. The molecule has 1 aliphatic heterocycles. The van der Waals surface area contributed by atoms with Crippen molar-refractivity contribution in [1.82, 2.24) is 4.90 Å². The molecule has 0 aliphatic carbocycles. The SMILES string of the molecule is C.CC(C)(C)OC(=O)N1CCN(c2ccc(N=C=S)cc2)CC1. The van der Waals surface area contributed by atoms with E-state index in [2.05, 4.69) is 27.3 Å². The number of hydrogen-bond acceptors (Lipinski definition) is 5. The Morgan fingerprint density at radius 1 is 1.17 bits per heavy atom. The zero-order chi connectivity index (χ0) is 16.2. The molecule has 1 amide bonds. The molecule has 1 saturated heterocycles. The van der Waals surface area contributed by atoms with E-state index in [0.717, 1.165) is 24.5 Å². The summed E-state index contributed by atoms with van der Waals surface area (Å²) in [4.78, 5) is 20.0. The Bertz CT molecular complexity index is 566. The number of nitrogens with zero attached hydrogens (tertiary/aromatic N) is 3. The van der Waals surface area contributed by atoms with Gasteiger partial charge in [-0.2, -0.15) is 4.99 Å². The zero-order valence-electron chi connectivity index (χ0n) is 13.2. The van der Waals surface area contributed by atoms with E-state index in [1.807, 2.05) is 45.0 Å². The summed E-state index contributed by atoms with van der Waals surface area (Å²) in [7, 11) is 0. The minimum atomic E-state index is -0.452. The van der Waals surface area contributed by atoms with Gasteiger partial charge in [-0.25, -0.2) is 4.79 Å². The van der Waals surface area contributed by atoms with Crippen molar-refractivity contribution in [2.45, 2.75) is 33.8 Å². The van der Waals surface area contributed by atoms with Crippen LogP contribution in [0, 0.1) is 0 Å². The van der Waals surface area contributed by atoms with E-state index in [1.54, 1.807) is 4.90 Å². The van der Waals surface area contributed by atoms with Crippen LogP contribution in [0.5, 0.6) is 0 Å². The Morgan fingerprint density at radius 3 is 2.22 bits per heavy atom. The van der Waals surface area contributed by atoms with Gasteiger partial charge in [0, 0.05) is 31.9 Å². The molecule has 0 aromatic heterocycles. The maximum atomic E-state index is 12.0. The molecule has 0 N–H and O–H groups in total. The fraction of sp³-hybridized carbons (Fsp3) is 0.529. The van der Waals surface area contributed by atoms with Gasteiger partial charge in [0.2, 0.25) is 0 Å². The lowest BCUT2D eigenvalue weighted by Gasteiger charge is -2.36. The van der Waals surface area contributed by atoms with Crippen LogP contribution in [-0.2, 0) is 4.74 Å². The molecule has 0 spiro atoms. The van der Waals surface area contributed by atoms with E-state index in [-0.39, 0.29) is 13.5 Å². The third-order valence-electron chi connectivity index (χ3n) is 3.32. The monoisotopic (exact) mass is 335 g/mol. The van der Waals surface area contributed by atoms with Crippen molar-refractivity contribution in [2.24, 2.45) is 4.99 Å². The second-order valence-electron chi connectivity index (χ2n) is 6.17. The normalized spacial score (nSPS) is 14.6. The van der Waals surface area contributed by atoms with Crippen LogP contribution in [-0.4, -0.2) is 47.9 Å². The topological polar surface area (TPSA) is 45.1 Å². The number of thiocarbonyl (C=S) groups is 1. The molecule has 0 atom stereocenters. The van der Waals surface area contributed by atoms with E-state index in [4.69, 9.17) is 4.74 Å². The molecule has 0 unspecified atom stereocenters. The Kier molecular flexibility index (Phi) is 6.73. The standard InChI is InChI=1S/C16H21N3O2S.CH4/c1-16(2,3)21-15(20)19-10-8-18(9-11-19)14-6-4-13(5-7-14)17-12-22;/h4-7H,8-11H2,1-3H3;1H4. The lowest BCUT2D eigenvalue weighted by Crippen LogP contribution is -2.50. The molecule has 23 heavy (non-hydrogen) atoms. The second-order valence-corrected chi connectivity index (χ2v) is 6.36. The Morgan fingerprint density at radius 2 is 1.74 bits per heavy atom. The number of carbonyl (C=O) groups excluding carboxylic acids is 1. The molecule has 0 radical (unpaired) electrons. The van der Waals surface area contributed by atoms with Crippen LogP contribution in [0.2, 0.25) is 0 Å². The number of amides is 1. The van der Waals surface area contributed by atoms with Crippen LogP contribution in [0.3, 0.4) is 0 Å². The first-order valence-corrected chi connectivity index (χ1v) is 7.71. The van der Waals surface area contributed by atoms with Crippen molar-refractivity contribution in [3.63, 3.8) is 0 Å². The third kappa shape index (κ3) is 5.66. The maximum absolute atomic E-state index is 12.0. The molecule has 1 aromatic carbocycles. The molecular formula is C17H25N3O2S. The van der Waals surface area contributed by atoms with Crippen LogP contribution in [0.4, 0.5) is 16.2 Å². The van der Waals surface area contributed by atoms with E-state index in [1.165, 1.54) is 0 Å². The summed E-state index contributed by atoms with van der Waals surface area (Å²) in [6.07, 6.45) is -0.238. The highest BCUT2D eigenvalue weighted by Gasteiger charge is 2.25. The fourth-order valence-corrected chi connectivity index (χ4v) is 2.37. The van der Waals surface area contributed by atoms with Gasteiger partial charge in [-0.1, -0.05) is 7.43 Å². The maximum Gasteiger partial charge on any atom is 0.410 e. The van der Waals surface area contributed by atoms with Crippen LogP contribution >= 0.6 is 12.2 Å². The van der Waals surface area contributed by atoms with Gasteiger partial charge in [0.15, 0.2) is 0 Å². The van der Waals surface area contributed by atoms with Crippen molar-refractivity contribution in [3.05, 3.63) is 24.3 Å². The fourth-order valence-electron chi connectivity index (χ4n) is 2.26. The van der Waals surface area contributed by atoms with Crippen molar-refractivity contribution in [3.8, 4) is 0 Å². The van der Waals surface area contributed by atoms with Gasteiger partial charge in [-0.3, -0.25) is 0 Å². The van der Waals surface area contributed by atoms with Crippen LogP contribution < -0.4 is 4.90 Å². The van der Waals surface area contributed by atoms with Gasteiger partial charge in [-0.05, 0) is 57.3 Å². The van der Waals surface area contributed by atoms with Gasteiger partial charge in [0.05, 0.1) is 10.8 Å². The number of carbonyl (C=O) groups is 1. The minimum Gasteiger partial charge on any atom is -0.444 e. The summed E-state index contributed by atoms with van der Waals surface area (Å²) in [6, 6.07) is 7.84. The van der Waals surface area contributed by atoms with E-state index >= 15 is 0 Å². The van der Waals surface area contributed by atoms with Crippen LogP contribution in [0.1, 0.15) is 28.2 Å². The number of rotatable bonds is 2. The smallest absolute Gasteiger partial charge is 0.410 e. The molecule has 5 nitrogen and oxygen atoms in total. The van der Waals surface area contributed by atoms with Crippen molar-refractivity contribution >= 4 is 34.8 Å². The summed E-state index contributed by atoms with van der Waals surface area (Å²) in [6.45, 7) is 8.54. The molecule has 126 valence electrons. The lowest BCUT2D eigenvalue weighted by molar-refractivity contribution is 0.0240. The van der Waals surface area contributed by atoms with Gasteiger partial charge >= 0.3 is 6.09 Å². The number of benzene rings is 1. The average molecular weight is 335 g/mol. The summed E-state index contributed by atoms with van der Waals surface area (Å²) < 4.78 is 5.40. The number of hydrogen-bond donors (Lipinski definition) is 0. The third-order valence-corrected chi connectivity index (χ3v) is 3.41. The molecule has 1 heterocycles. The molecule has 6 heteroatoms. The Hall–Kier alpha value is -1.91. The molecule has 0 bridgehead atoms. The number of aliphatic imine (C=N–C) groups is 1. The van der Waals surface area contributed by atoms with Gasteiger partial charge in [0.25, 0.3) is 0 Å². The van der Waals surface area contributed by atoms with Crippen molar-refractivity contribution in [1.29, 1.82) is 0 Å². The largest absolute Gasteiger partial charge is 0.444 e. The summed E-state index contributed by atoms with van der Waals surface area (Å²) in [5.41, 5.74) is 1.46. The van der Waals surface area contributed by atoms with E-state index in [0.29, 0.717) is 13.1 Å². The molecule has 1 aliphatic rings. The Labute approximate surface area is 143 Å². The number of anilines is 1. The number of ether oxygens (including phenoxy) is 1. The number of piperazine rings is 1. The van der Waals surface area contributed by atoms with Gasteiger partial charge in [-0.15, -0.1) is 0 Å². The van der Waals surface area contributed by atoms with Gasteiger partial charge < -0.3 is 14.5 Å². The second kappa shape index (κ2) is 8.09. The number of isothiocyanates is 1. The highest BCUT2D eigenvalue weighted by atomic mass is 32.1. The van der Waals surface area contributed by atoms with Crippen LogP contribution in [0.15, 0.2) is 29.3 Å². The predicted molar refractivity (Wildman–Crippen MR) is 97.9 cm³/mol. The predicted octanol–water partition coefficient (Wildman–Crippen LogP) is 4.11. The summed E-state index contributed by atoms with van der Waals surface area (Å²) >= 11 is 4.59. The van der Waals surface area contributed by atoms with Crippen molar-refractivity contribution < 1.29 is 9.53 Å². The Balaban J connectivity index is 0.00000264.